The first kappa shape index (κ1) is 9.08. The molecule has 80 valence electrons. The lowest BCUT2D eigenvalue weighted by molar-refractivity contribution is 0.160. The maximum Gasteiger partial charge on any atom is 0.142 e. The first-order valence-electron chi connectivity index (χ1n) is 5.96. The average Bonchev–Trinajstić information content (AvgIpc) is 2.50. The lowest BCUT2D eigenvalue weighted by atomic mass is 10.0. The number of ether oxygens (including phenoxy) is 1. The first-order chi connectivity index (χ1) is 7.43. The van der Waals surface area contributed by atoms with Crippen LogP contribution in [-0.4, -0.2) is 12.1 Å². The van der Waals surface area contributed by atoms with Gasteiger partial charge in [-0.1, -0.05) is 25.0 Å². The monoisotopic (exact) mass is 203 g/mol. The van der Waals surface area contributed by atoms with E-state index < -0.39 is 0 Å². The van der Waals surface area contributed by atoms with Gasteiger partial charge in [-0.3, -0.25) is 0 Å². The summed E-state index contributed by atoms with van der Waals surface area (Å²) in [5.74, 6) is 1.03. The number of para-hydroxylation sites is 2. The van der Waals surface area contributed by atoms with Crippen LogP contribution in [0.1, 0.15) is 32.1 Å². The Bertz CT molecular complexity index is 317. The van der Waals surface area contributed by atoms with E-state index >= 15 is 0 Å². The molecule has 1 aliphatic heterocycles. The zero-order valence-corrected chi connectivity index (χ0v) is 8.91. The fraction of sp³-hybridized carbons (Fsp3) is 0.538. The van der Waals surface area contributed by atoms with Crippen molar-refractivity contribution in [2.45, 2.75) is 44.2 Å². The molecule has 3 rings (SSSR count). The van der Waals surface area contributed by atoms with Gasteiger partial charge in [0.25, 0.3) is 0 Å². The average molecular weight is 203 g/mol. The molecule has 2 nitrogen and oxygen atoms in total. The van der Waals surface area contributed by atoms with E-state index in [1.165, 1.54) is 37.8 Å². The number of rotatable bonds is 0. The third-order valence-electron chi connectivity index (χ3n) is 3.46. The van der Waals surface area contributed by atoms with E-state index in [0.29, 0.717) is 12.1 Å². The van der Waals surface area contributed by atoms with Crippen LogP contribution < -0.4 is 10.1 Å². The zero-order chi connectivity index (χ0) is 10.1. The predicted molar refractivity (Wildman–Crippen MR) is 61.4 cm³/mol. The summed E-state index contributed by atoms with van der Waals surface area (Å²) in [6.45, 7) is 0. The standard InChI is InChI=1S/C13H17NO/c1-2-6-10-12(8-3-1)15-13-9-5-4-7-11(13)14-10/h4-5,7,9-10,12,14H,1-3,6,8H2. The predicted octanol–water partition coefficient (Wildman–Crippen LogP) is 3.19. The summed E-state index contributed by atoms with van der Waals surface area (Å²) in [5.41, 5.74) is 1.17. The van der Waals surface area contributed by atoms with Crippen LogP contribution in [0.2, 0.25) is 0 Å². The van der Waals surface area contributed by atoms with Crippen molar-refractivity contribution in [1.82, 2.24) is 0 Å². The van der Waals surface area contributed by atoms with Crippen LogP contribution >= 0.6 is 0 Å². The van der Waals surface area contributed by atoms with Crippen LogP contribution in [0.25, 0.3) is 0 Å². The maximum atomic E-state index is 6.05. The normalized spacial score (nSPS) is 29.1. The third-order valence-corrected chi connectivity index (χ3v) is 3.46. The molecule has 0 spiro atoms. The van der Waals surface area contributed by atoms with Gasteiger partial charge in [-0.05, 0) is 31.4 Å². The molecule has 1 heterocycles. The van der Waals surface area contributed by atoms with Crippen LogP contribution in [0.15, 0.2) is 24.3 Å². The van der Waals surface area contributed by atoms with E-state index in [2.05, 4.69) is 23.5 Å². The molecule has 15 heavy (non-hydrogen) atoms. The summed E-state index contributed by atoms with van der Waals surface area (Å²) >= 11 is 0. The summed E-state index contributed by atoms with van der Waals surface area (Å²) in [5, 5.41) is 3.61. The summed E-state index contributed by atoms with van der Waals surface area (Å²) in [6, 6.07) is 8.80. The number of hydrogen-bond acceptors (Lipinski definition) is 2. The molecular formula is C13H17NO. The summed E-state index contributed by atoms with van der Waals surface area (Å²) in [6.07, 6.45) is 6.84. The molecule has 0 aromatic heterocycles. The second-order valence-corrected chi connectivity index (χ2v) is 4.54. The lowest BCUT2D eigenvalue weighted by Crippen LogP contribution is -2.40. The molecule has 1 aromatic rings. The molecule has 0 amide bonds. The molecular weight excluding hydrogens is 186 g/mol. The van der Waals surface area contributed by atoms with E-state index in [1.54, 1.807) is 0 Å². The van der Waals surface area contributed by atoms with E-state index in [4.69, 9.17) is 4.74 Å². The second kappa shape index (κ2) is 3.76. The zero-order valence-electron chi connectivity index (χ0n) is 8.91. The molecule has 1 saturated carbocycles. The number of benzene rings is 1. The molecule has 2 aliphatic rings. The fourth-order valence-corrected chi connectivity index (χ4v) is 2.63. The highest BCUT2D eigenvalue weighted by molar-refractivity contribution is 5.58. The minimum absolute atomic E-state index is 0.391. The molecule has 0 radical (unpaired) electrons. The van der Waals surface area contributed by atoms with Crippen LogP contribution in [0.3, 0.4) is 0 Å². The molecule has 0 saturated heterocycles. The minimum Gasteiger partial charge on any atom is -0.486 e. The quantitative estimate of drug-likeness (QED) is 0.699. The molecule has 2 unspecified atom stereocenters. The summed E-state index contributed by atoms with van der Waals surface area (Å²) in [4.78, 5) is 0. The molecule has 1 aromatic carbocycles. The van der Waals surface area contributed by atoms with E-state index in [1.807, 2.05) is 6.07 Å². The number of hydrogen-bond donors (Lipinski definition) is 1. The SMILES string of the molecule is c1ccc2c(c1)NC1CCCCCC1O2. The van der Waals surface area contributed by atoms with Gasteiger partial charge in [0.15, 0.2) is 0 Å². The number of fused-ring (bicyclic) bond motifs is 2. The summed E-state index contributed by atoms with van der Waals surface area (Å²) in [7, 11) is 0. The topological polar surface area (TPSA) is 21.3 Å². The maximum absolute atomic E-state index is 6.05. The van der Waals surface area contributed by atoms with Crippen molar-refractivity contribution in [2.24, 2.45) is 0 Å². The smallest absolute Gasteiger partial charge is 0.142 e. The Hall–Kier alpha value is -1.18. The van der Waals surface area contributed by atoms with Gasteiger partial charge in [0.05, 0.1) is 11.7 Å². The Labute approximate surface area is 90.6 Å². The summed E-state index contributed by atoms with van der Waals surface area (Å²) < 4.78 is 6.05. The van der Waals surface area contributed by atoms with Crippen molar-refractivity contribution < 1.29 is 4.74 Å². The highest BCUT2D eigenvalue weighted by Gasteiger charge is 2.29. The minimum atomic E-state index is 0.391. The van der Waals surface area contributed by atoms with Crippen molar-refractivity contribution in [3.63, 3.8) is 0 Å². The Morgan fingerprint density at radius 3 is 2.93 bits per heavy atom. The van der Waals surface area contributed by atoms with Gasteiger partial charge < -0.3 is 10.1 Å². The Balaban J connectivity index is 1.87. The van der Waals surface area contributed by atoms with Gasteiger partial charge in [0.2, 0.25) is 0 Å². The molecule has 0 bridgehead atoms. The van der Waals surface area contributed by atoms with E-state index in [-0.39, 0.29) is 0 Å². The van der Waals surface area contributed by atoms with E-state index in [0.717, 1.165) is 5.75 Å². The highest BCUT2D eigenvalue weighted by atomic mass is 16.5. The van der Waals surface area contributed by atoms with Gasteiger partial charge in [-0.2, -0.15) is 0 Å². The molecule has 1 aliphatic carbocycles. The second-order valence-electron chi connectivity index (χ2n) is 4.54. The largest absolute Gasteiger partial charge is 0.486 e. The third kappa shape index (κ3) is 1.69. The Kier molecular flexibility index (Phi) is 2.28. The molecule has 2 heteroatoms. The van der Waals surface area contributed by atoms with Gasteiger partial charge in [0.1, 0.15) is 11.9 Å². The van der Waals surface area contributed by atoms with Crippen LogP contribution in [0.5, 0.6) is 5.75 Å². The number of nitrogens with one attached hydrogen (secondary N) is 1. The van der Waals surface area contributed by atoms with Gasteiger partial charge in [-0.25, -0.2) is 0 Å². The van der Waals surface area contributed by atoms with E-state index in [9.17, 15) is 0 Å². The number of anilines is 1. The van der Waals surface area contributed by atoms with Crippen molar-refractivity contribution in [3.8, 4) is 5.75 Å². The van der Waals surface area contributed by atoms with Gasteiger partial charge >= 0.3 is 0 Å². The van der Waals surface area contributed by atoms with Crippen LogP contribution in [-0.2, 0) is 0 Å². The highest BCUT2D eigenvalue weighted by Crippen LogP contribution is 2.35. The molecule has 2 atom stereocenters. The Morgan fingerprint density at radius 1 is 1.07 bits per heavy atom. The van der Waals surface area contributed by atoms with Crippen molar-refractivity contribution in [3.05, 3.63) is 24.3 Å². The fourth-order valence-electron chi connectivity index (χ4n) is 2.63. The molecule has 1 fully saturated rings. The first-order valence-corrected chi connectivity index (χ1v) is 5.96. The van der Waals surface area contributed by atoms with Crippen LogP contribution in [0.4, 0.5) is 5.69 Å². The molecule has 1 N–H and O–H groups in total. The Morgan fingerprint density at radius 2 is 1.93 bits per heavy atom. The van der Waals surface area contributed by atoms with Gasteiger partial charge in [-0.15, -0.1) is 0 Å². The van der Waals surface area contributed by atoms with Gasteiger partial charge in [0, 0.05) is 0 Å². The van der Waals surface area contributed by atoms with Crippen molar-refractivity contribution in [2.75, 3.05) is 5.32 Å². The van der Waals surface area contributed by atoms with Crippen molar-refractivity contribution in [1.29, 1.82) is 0 Å². The van der Waals surface area contributed by atoms with Crippen molar-refractivity contribution >= 4 is 5.69 Å². The van der Waals surface area contributed by atoms with Crippen LogP contribution in [0, 0.1) is 0 Å². The lowest BCUT2D eigenvalue weighted by Gasteiger charge is -2.34.